The Morgan fingerprint density at radius 3 is 2.64 bits per heavy atom. The summed E-state index contributed by atoms with van der Waals surface area (Å²) in [7, 11) is 0. The molecule has 0 bridgehead atoms. The molecule has 4 rings (SSSR count). The molecule has 0 aromatic heterocycles. The van der Waals surface area contributed by atoms with Crippen LogP contribution in [-0.2, 0) is 4.79 Å². The van der Waals surface area contributed by atoms with Crippen molar-refractivity contribution in [1.82, 2.24) is 0 Å². The third-order valence-electron chi connectivity index (χ3n) is 4.54. The van der Waals surface area contributed by atoms with Gasteiger partial charge < -0.3 is 15.5 Å². The number of rotatable bonds is 3. The van der Waals surface area contributed by atoms with Crippen molar-refractivity contribution in [3.63, 3.8) is 0 Å². The van der Waals surface area contributed by atoms with Gasteiger partial charge in [-0.2, -0.15) is 0 Å². The Labute approximate surface area is 144 Å². The lowest BCUT2D eigenvalue weighted by Gasteiger charge is -2.18. The molecule has 1 saturated heterocycles. The highest BCUT2D eigenvalue weighted by atomic mass is 19.1. The van der Waals surface area contributed by atoms with Gasteiger partial charge in [-0.25, -0.2) is 8.78 Å². The second-order valence-electron chi connectivity index (χ2n) is 6.21. The molecule has 128 valence electrons. The highest BCUT2D eigenvalue weighted by Gasteiger charge is 2.24. The quantitative estimate of drug-likeness (QED) is 0.831. The van der Waals surface area contributed by atoms with Gasteiger partial charge in [-0.3, -0.25) is 4.79 Å². The van der Waals surface area contributed by atoms with Gasteiger partial charge in [0.25, 0.3) is 5.91 Å². The van der Waals surface area contributed by atoms with Crippen LogP contribution in [0.25, 0.3) is 5.57 Å². The number of amides is 1. The van der Waals surface area contributed by atoms with Crippen LogP contribution in [0.2, 0.25) is 0 Å². The minimum Gasteiger partial charge on any atom is -0.369 e. The fraction of sp³-hybridized carbons (Fsp3) is 0.211. The topological polar surface area (TPSA) is 44.4 Å². The molecule has 6 heteroatoms. The maximum atomic E-state index is 14.3. The minimum absolute atomic E-state index is 0.288. The summed E-state index contributed by atoms with van der Waals surface area (Å²) in [5, 5.41) is 5.57. The summed E-state index contributed by atoms with van der Waals surface area (Å²) in [4.78, 5) is 14.1. The van der Waals surface area contributed by atoms with E-state index in [2.05, 4.69) is 10.6 Å². The Balaban J connectivity index is 1.56. The van der Waals surface area contributed by atoms with E-state index >= 15 is 0 Å². The first-order valence-corrected chi connectivity index (χ1v) is 8.24. The summed E-state index contributed by atoms with van der Waals surface area (Å²) in [5.74, 6) is -1.02. The summed E-state index contributed by atoms with van der Waals surface area (Å²) in [6, 6.07) is 9.08. The lowest BCUT2D eigenvalue weighted by atomic mass is 10.1. The molecule has 0 saturated carbocycles. The van der Waals surface area contributed by atoms with Gasteiger partial charge in [0.1, 0.15) is 11.6 Å². The molecule has 0 atom stereocenters. The van der Waals surface area contributed by atoms with Crippen LogP contribution < -0.4 is 15.5 Å². The number of fused-ring (bicyclic) bond motifs is 1. The molecule has 1 amide bonds. The van der Waals surface area contributed by atoms with Gasteiger partial charge in [0, 0.05) is 30.5 Å². The van der Waals surface area contributed by atoms with Gasteiger partial charge in [0.15, 0.2) is 0 Å². The highest BCUT2D eigenvalue weighted by Crippen LogP contribution is 2.32. The molecule has 0 unspecified atom stereocenters. The zero-order valence-electron chi connectivity index (χ0n) is 13.5. The van der Waals surface area contributed by atoms with Crippen LogP contribution in [-0.4, -0.2) is 19.0 Å². The normalized spacial score (nSPS) is 17.8. The molecule has 4 nitrogen and oxygen atoms in total. The SMILES string of the molecule is O=C1Nc2cc(F)ccc2/C1=C\Nc1ccc(N2CCCC2)c(F)c1. The van der Waals surface area contributed by atoms with E-state index in [1.54, 1.807) is 18.2 Å². The van der Waals surface area contributed by atoms with Crippen LogP contribution in [0.5, 0.6) is 0 Å². The number of nitrogens with one attached hydrogen (secondary N) is 2. The summed E-state index contributed by atoms with van der Waals surface area (Å²) >= 11 is 0. The number of hydrogen-bond acceptors (Lipinski definition) is 3. The number of anilines is 3. The maximum Gasteiger partial charge on any atom is 0.257 e. The highest BCUT2D eigenvalue weighted by molar-refractivity contribution is 6.31. The van der Waals surface area contributed by atoms with E-state index in [0.717, 1.165) is 25.9 Å². The van der Waals surface area contributed by atoms with Crippen LogP contribution >= 0.6 is 0 Å². The molecule has 0 aliphatic carbocycles. The summed E-state index contributed by atoms with van der Waals surface area (Å²) < 4.78 is 27.6. The average molecular weight is 341 g/mol. The Morgan fingerprint density at radius 2 is 1.88 bits per heavy atom. The predicted molar refractivity (Wildman–Crippen MR) is 94.5 cm³/mol. The maximum absolute atomic E-state index is 14.3. The Bertz CT molecular complexity index is 873. The van der Waals surface area contributed by atoms with E-state index in [1.807, 2.05) is 4.90 Å². The summed E-state index contributed by atoms with van der Waals surface area (Å²) in [5.41, 5.74) is 2.60. The van der Waals surface area contributed by atoms with Crippen molar-refractivity contribution in [2.45, 2.75) is 12.8 Å². The predicted octanol–water partition coefficient (Wildman–Crippen LogP) is 3.97. The largest absolute Gasteiger partial charge is 0.369 e. The first-order chi connectivity index (χ1) is 12.1. The smallest absolute Gasteiger partial charge is 0.257 e. The number of carbonyl (C=O) groups is 1. The van der Waals surface area contributed by atoms with Gasteiger partial charge >= 0.3 is 0 Å². The molecule has 1 fully saturated rings. The van der Waals surface area contributed by atoms with Crippen molar-refractivity contribution >= 4 is 28.5 Å². The summed E-state index contributed by atoms with van der Waals surface area (Å²) in [6.45, 7) is 1.75. The van der Waals surface area contributed by atoms with Crippen molar-refractivity contribution in [3.05, 3.63) is 59.8 Å². The first-order valence-electron chi connectivity index (χ1n) is 8.24. The monoisotopic (exact) mass is 341 g/mol. The molecule has 25 heavy (non-hydrogen) atoms. The average Bonchev–Trinajstić information content (AvgIpc) is 3.20. The standard InChI is InChI=1S/C19H17F2N3O/c20-12-3-5-14-15(19(25)23-17(14)9-12)11-22-13-4-6-18(16(21)10-13)24-7-1-2-8-24/h3-6,9-11,22H,1-2,7-8H2,(H,23,25)/b15-11+. The Morgan fingerprint density at radius 1 is 1.08 bits per heavy atom. The molecule has 0 radical (unpaired) electrons. The van der Waals surface area contributed by atoms with Crippen molar-refractivity contribution in [3.8, 4) is 0 Å². The van der Waals surface area contributed by atoms with E-state index in [1.165, 1.54) is 24.4 Å². The van der Waals surface area contributed by atoms with E-state index in [4.69, 9.17) is 0 Å². The molecule has 2 aromatic rings. The lowest BCUT2D eigenvalue weighted by Crippen LogP contribution is -2.18. The molecular weight excluding hydrogens is 324 g/mol. The molecular formula is C19H17F2N3O. The van der Waals surface area contributed by atoms with E-state index < -0.39 is 5.82 Å². The second kappa shape index (κ2) is 6.20. The fourth-order valence-electron chi connectivity index (χ4n) is 3.28. The molecule has 2 N–H and O–H groups in total. The molecule has 2 aromatic carbocycles. The summed E-state index contributed by atoms with van der Waals surface area (Å²) in [6.07, 6.45) is 3.69. The number of halogens is 2. The van der Waals surface area contributed by atoms with Crippen LogP contribution in [0, 0.1) is 11.6 Å². The number of hydrogen-bond donors (Lipinski definition) is 2. The second-order valence-corrected chi connectivity index (χ2v) is 6.21. The molecule has 2 aliphatic rings. The van der Waals surface area contributed by atoms with Gasteiger partial charge in [-0.1, -0.05) is 0 Å². The lowest BCUT2D eigenvalue weighted by molar-refractivity contribution is -0.110. The zero-order chi connectivity index (χ0) is 17.4. The number of benzene rings is 2. The van der Waals surface area contributed by atoms with Gasteiger partial charge in [-0.15, -0.1) is 0 Å². The van der Waals surface area contributed by atoms with Crippen LogP contribution in [0.3, 0.4) is 0 Å². The fourth-order valence-corrected chi connectivity index (χ4v) is 3.28. The number of carbonyl (C=O) groups excluding carboxylic acids is 1. The zero-order valence-corrected chi connectivity index (χ0v) is 13.5. The van der Waals surface area contributed by atoms with Crippen molar-refractivity contribution < 1.29 is 13.6 Å². The van der Waals surface area contributed by atoms with E-state index in [0.29, 0.717) is 28.2 Å². The van der Waals surface area contributed by atoms with Crippen molar-refractivity contribution in [2.75, 3.05) is 28.6 Å². The Hall–Kier alpha value is -2.89. The van der Waals surface area contributed by atoms with Gasteiger partial charge in [0.2, 0.25) is 0 Å². The van der Waals surface area contributed by atoms with Crippen LogP contribution in [0.4, 0.5) is 25.8 Å². The van der Waals surface area contributed by atoms with Gasteiger partial charge in [0.05, 0.1) is 16.9 Å². The van der Waals surface area contributed by atoms with E-state index in [-0.39, 0.29) is 11.7 Å². The van der Waals surface area contributed by atoms with Crippen LogP contribution in [0.15, 0.2) is 42.6 Å². The van der Waals surface area contributed by atoms with Crippen molar-refractivity contribution in [1.29, 1.82) is 0 Å². The molecule has 0 spiro atoms. The van der Waals surface area contributed by atoms with Gasteiger partial charge in [-0.05, 0) is 49.2 Å². The Kier molecular flexibility index (Phi) is 3.87. The molecule has 2 heterocycles. The third-order valence-corrected chi connectivity index (χ3v) is 4.54. The first kappa shape index (κ1) is 15.6. The molecule has 2 aliphatic heterocycles. The minimum atomic E-state index is -0.409. The van der Waals surface area contributed by atoms with Crippen molar-refractivity contribution in [2.24, 2.45) is 0 Å². The third kappa shape index (κ3) is 2.95. The van der Waals surface area contributed by atoms with Crippen LogP contribution in [0.1, 0.15) is 18.4 Å². The number of nitrogens with zero attached hydrogens (tertiary/aromatic N) is 1. The van der Waals surface area contributed by atoms with E-state index in [9.17, 15) is 13.6 Å².